The van der Waals surface area contributed by atoms with Gasteiger partial charge in [0.15, 0.2) is 11.5 Å². The number of hydrogen-bond donors (Lipinski definition) is 1. The first-order valence-electron chi connectivity index (χ1n) is 8.60. The minimum atomic E-state index is -0.377. The van der Waals surface area contributed by atoms with Crippen LogP contribution in [0.25, 0.3) is 0 Å². The molecule has 0 bridgehead atoms. The van der Waals surface area contributed by atoms with E-state index in [2.05, 4.69) is 5.32 Å². The number of benzene rings is 3. The number of hydrogen-bond acceptors (Lipinski definition) is 4. The summed E-state index contributed by atoms with van der Waals surface area (Å²) in [6.45, 7) is 0.328. The van der Waals surface area contributed by atoms with Crippen LogP contribution in [0.2, 0.25) is 0 Å². The highest BCUT2D eigenvalue weighted by atomic mass is 19.1. The van der Waals surface area contributed by atoms with Crippen molar-refractivity contribution in [3.05, 3.63) is 83.7 Å². The zero-order chi connectivity index (χ0) is 19.9. The van der Waals surface area contributed by atoms with Crippen LogP contribution in [-0.4, -0.2) is 20.1 Å². The highest BCUT2D eigenvalue weighted by molar-refractivity contribution is 6.05. The molecule has 0 radical (unpaired) electrons. The maximum atomic E-state index is 13.0. The van der Waals surface area contributed by atoms with Crippen LogP contribution in [0.15, 0.2) is 66.7 Å². The average Bonchev–Trinajstić information content (AvgIpc) is 2.73. The third-order valence-corrected chi connectivity index (χ3v) is 4.05. The van der Waals surface area contributed by atoms with Crippen molar-refractivity contribution in [1.29, 1.82) is 0 Å². The van der Waals surface area contributed by atoms with Gasteiger partial charge in [-0.2, -0.15) is 0 Å². The van der Waals surface area contributed by atoms with E-state index < -0.39 is 0 Å². The number of halogens is 1. The molecule has 0 saturated heterocycles. The molecule has 0 spiro atoms. The predicted octanol–water partition coefficient (Wildman–Crippen LogP) is 4.67. The normalized spacial score (nSPS) is 10.2. The van der Waals surface area contributed by atoms with Gasteiger partial charge in [-0.25, -0.2) is 4.39 Å². The Morgan fingerprint density at radius 2 is 1.54 bits per heavy atom. The molecule has 0 aliphatic rings. The molecule has 0 aromatic heterocycles. The number of carbonyl (C=O) groups is 1. The first-order chi connectivity index (χ1) is 13.6. The quantitative estimate of drug-likeness (QED) is 0.646. The van der Waals surface area contributed by atoms with Gasteiger partial charge in [-0.3, -0.25) is 4.79 Å². The molecule has 3 aromatic carbocycles. The Morgan fingerprint density at radius 3 is 2.11 bits per heavy atom. The van der Waals surface area contributed by atoms with Gasteiger partial charge in [-0.15, -0.1) is 0 Å². The summed E-state index contributed by atoms with van der Waals surface area (Å²) in [7, 11) is 2.98. The zero-order valence-electron chi connectivity index (χ0n) is 15.6. The van der Waals surface area contributed by atoms with E-state index in [0.717, 1.165) is 5.56 Å². The number of nitrogens with one attached hydrogen (secondary N) is 1. The minimum absolute atomic E-state index is 0.324. The largest absolute Gasteiger partial charge is 0.493 e. The molecule has 28 heavy (non-hydrogen) atoms. The van der Waals surface area contributed by atoms with Crippen molar-refractivity contribution >= 4 is 11.6 Å². The van der Waals surface area contributed by atoms with Gasteiger partial charge < -0.3 is 19.5 Å². The summed E-state index contributed by atoms with van der Waals surface area (Å²) in [4.78, 5) is 12.6. The van der Waals surface area contributed by atoms with Crippen LogP contribution in [0.1, 0.15) is 15.9 Å². The molecule has 0 unspecified atom stereocenters. The number of methoxy groups -OCH3 is 2. The van der Waals surface area contributed by atoms with E-state index in [4.69, 9.17) is 14.2 Å². The van der Waals surface area contributed by atoms with E-state index in [-0.39, 0.29) is 11.7 Å². The fourth-order valence-electron chi connectivity index (χ4n) is 2.62. The van der Waals surface area contributed by atoms with Crippen LogP contribution in [0, 0.1) is 5.82 Å². The molecule has 5 nitrogen and oxygen atoms in total. The lowest BCUT2D eigenvalue weighted by atomic mass is 10.1. The van der Waals surface area contributed by atoms with Crippen molar-refractivity contribution in [1.82, 2.24) is 0 Å². The van der Waals surface area contributed by atoms with Gasteiger partial charge in [0.2, 0.25) is 5.75 Å². The van der Waals surface area contributed by atoms with E-state index in [1.165, 1.54) is 38.5 Å². The van der Waals surface area contributed by atoms with Gasteiger partial charge in [-0.1, -0.05) is 30.3 Å². The van der Waals surface area contributed by atoms with Crippen molar-refractivity contribution in [2.75, 3.05) is 19.5 Å². The van der Waals surface area contributed by atoms with Crippen LogP contribution < -0.4 is 19.5 Å². The van der Waals surface area contributed by atoms with Crippen LogP contribution in [0.4, 0.5) is 10.1 Å². The molecule has 0 saturated carbocycles. The topological polar surface area (TPSA) is 56.8 Å². The lowest BCUT2D eigenvalue weighted by Gasteiger charge is -2.16. The Bertz CT molecular complexity index is 918. The molecule has 0 heterocycles. The molecule has 0 aliphatic carbocycles. The van der Waals surface area contributed by atoms with E-state index in [0.29, 0.717) is 35.1 Å². The third-order valence-electron chi connectivity index (χ3n) is 4.05. The zero-order valence-corrected chi connectivity index (χ0v) is 15.6. The number of ether oxygens (including phenoxy) is 3. The summed E-state index contributed by atoms with van der Waals surface area (Å²) in [6.07, 6.45) is 0. The van der Waals surface area contributed by atoms with Crippen LogP contribution >= 0.6 is 0 Å². The second-order valence-electron chi connectivity index (χ2n) is 5.95. The predicted molar refractivity (Wildman–Crippen MR) is 105 cm³/mol. The first-order valence-corrected chi connectivity index (χ1v) is 8.60. The summed E-state index contributed by atoms with van der Waals surface area (Å²) < 4.78 is 29.7. The number of rotatable bonds is 7. The van der Waals surface area contributed by atoms with Crippen molar-refractivity contribution in [3.8, 4) is 17.2 Å². The Morgan fingerprint density at radius 1 is 0.929 bits per heavy atom. The molecule has 3 aromatic rings. The summed E-state index contributed by atoms with van der Waals surface area (Å²) in [5, 5.41) is 2.71. The SMILES string of the molecule is COc1cc(C(=O)Nc2ccc(F)cc2)cc(OC)c1OCc1ccccc1. The molecular weight excluding hydrogens is 361 g/mol. The molecule has 144 valence electrons. The summed E-state index contributed by atoms with van der Waals surface area (Å²) in [5.74, 6) is 0.408. The number of anilines is 1. The Kier molecular flexibility index (Phi) is 6.11. The Hall–Kier alpha value is -3.54. The second kappa shape index (κ2) is 8.90. The molecule has 1 N–H and O–H groups in total. The lowest BCUT2D eigenvalue weighted by Crippen LogP contribution is -2.12. The molecule has 3 rings (SSSR count). The van der Waals surface area contributed by atoms with Crippen molar-refractivity contribution in [2.24, 2.45) is 0 Å². The highest BCUT2D eigenvalue weighted by Crippen LogP contribution is 2.39. The van der Waals surface area contributed by atoms with Gasteiger partial charge in [-0.05, 0) is 42.0 Å². The fourth-order valence-corrected chi connectivity index (χ4v) is 2.62. The van der Waals surface area contributed by atoms with E-state index in [1.54, 1.807) is 12.1 Å². The van der Waals surface area contributed by atoms with Crippen molar-refractivity contribution < 1.29 is 23.4 Å². The second-order valence-corrected chi connectivity index (χ2v) is 5.95. The number of amides is 1. The highest BCUT2D eigenvalue weighted by Gasteiger charge is 2.18. The van der Waals surface area contributed by atoms with Gasteiger partial charge in [0, 0.05) is 11.3 Å². The molecule has 1 amide bonds. The molecular formula is C22H20FNO4. The molecule has 6 heteroatoms. The smallest absolute Gasteiger partial charge is 0.255 e. The van der Waals surface area contributed by atoms with Crippen LogP contribution in [-0.2, 0) is 6.61 Å². The maximum absolute atomic E-state index is 13.0. The van der Waals surface area contributed by atoms with Gasteiger partial charge in [0.1, 0.15) is 12.4 Å². The fraction of sp³-hybridized carbons (Fsp3) is 0.136. The Labute approximate surface area is 162 Å². The van der Waals surface area contributed by atoms with Crippen LogP contribution in [0.5, 0.6) is 17.2 Å². The third kappa shape index (κ3) is 4.59. The van der Waals surface area contributed by atoms with Gasteiger partial charge in [0.05, 0.1) is 14.2 Å². The molecule has 0 fully saturated rings. The monoisotopic (exact) mass is 381 g/mol. The van der Waals surface area contributed by atoms with Crippen molar-refractivity contribution in [3.63, 3.8) is 0 Å². The first kappa shape index (κ1) is 19.2. The molecule has 0 atom stereocenters. The lowest BCUT2D eigenvalue weighted by molar-refractivity contribution is 0.102. The standard InChI is InChI=1S/C22H20FNO4/c1-26-19-12-16(22(25)24-18-10-8-17(23)9-11-18)13-20(27-2)21(19)28-14-15-6-4-3-5-7-15/h3-13H,14H2,1-2H3,(H,24,25). The Balaban J connectivity index is 1.83. The number of carbonyl (C=O) groups excluding carboxylic acids is 1. The summed E-state index contributed by atoms with van der Waals surface area (Å²) >= 11 is 0. The summed E-state index contributed by atoms with van der Waals surface area (Å²) in [5.41, 5.74) is 1.79. The van der Waals surface area contributed by atoms with E-state index >= 15 is 0 Å². The average molecular weight is 381 g/mol. The van der Waals surface area contributed by atoms with E-state index in [9.17, 15) is 9.18 Å². The van der Waals surface area contributed by atoms with Crippen molar-refractivity contribution in [2.45, 2.75) is 6.61 Å². The van der Waals surface area contributed by atoms with Gasteiger partial charge in [0.25, 0.3) is 5.91 Å². The maximum Gasteiger partial charge on any atom is 0.255 e. The molecule has 0 aliphatic heterocycles. The summed E-state index contributed by atoms with van der Waals surface area (Å²) in [6, 6.07) is 18.3. The van der Waals surface area contributed by atoms with E-state index in [1.807, 2.05) is 30.3 Å². The minimum Gasteiger partial charge on any atom is -0.493 e. The van der Waals surface area contributed by atoms with Crippen LogP contribution in [0.3, 0.4) is 0 Å². The van der Waals surface area contributed by atoms with Gasteiger partial charge >= 0.3 is 0 Å².